The summed E-state index contributed by atoms with van der Waals surface area (Å²) in [6.45, 7) is 1.21. The first-order valence-corrected chi connectivity index (χ1v) is 4.64. The van der Waals surface area contributed by atoms with Gasteiger partial charge in [0, 0.05) is 26.6 Å². The Balaban J connectivity index is 3.43. The lowest BCUT2D eigenvalue weighted by molar-refractivity contribution is -0.121. The van der Waals surface area contributed by atoms with Crippen LogP contribution in [0.15, 0.2) is 0 Å². The van der Waals surface area contributed by atoms with Crippen LogP contribution in [0.2, 0.25) is 0 Å². The molecule has 84 valence electrons. The van der Waals surface area contributed by atoms with Crippen molar-refractivity contribution in [3.63, 3.8) is 0 Å². The quantitative estimate of drug-likeness (QED) is 0.562. The van der Waals surface area contributed by atoms with Crippen molar-refractivity contribution in [3.05, 3.63) is 0 Å². The lowest BCUT2D eigenvalue weighted by atomic mass is 10.3. The van der Waals surface area contributed by atoms with Crippen molar-refractivity contribution in [1.29, 1.82) is 0 Å². The third-order valence-electron chi connectivity index (χ3n) is 1.68. The van der Waals surface area contributed by atoms with Crippen LogP contribution in [0.4, 0.5) is 0 Å². The molecule has 0 saturated heterocycles. The van der Waals surface area contributed by atoms with Gasteiger partial charge in [-0.1, -0.05) is 0 Å². The zero-order chi connectivity index (χ0) is 11.0. The van der Waals surface area contributed by atoms with E-state index >= 15 is 0 Å². The smallest absolute Gasteiger partial charge is 0.221 e. The van der Waals surface area contributed by atoms with Gasteiger partial charge in [-0.25, -0.2) is 0 Å². The zero-order valence-corrected chi connectivity index (χ0v) is 9.12. The second-order valence-corrected chi connectivity index (χ2v) is 3.47. The van der Waals surface area contributed by atoms with E-state index in [1.165, 1.54) is 7.11 Å². The van der Waals surface area contributed by atoms with Crippen molar-refractivity contribution < 1.29 is 14.6 Å². The maximum atomic E-state index is 11.2. The van der Waals surface area contributed by atoms with Crippen LogP contribution in [0.3, 0.4) is 0 Å². The van der Waals surface area contributed by atoms with E-state index in [1.54, 1.807) is 0 Å². The summed E-state index contributed by atoms with van der Waals surface area (Å²) in [5, 5.41) is 11.9. The van der Waals surface area contributed by atoms with Crippen LogP contribution in [-0.2, 0) is 9.53 Å². The number of hydrogen-bond acceptors (Lipinski definition) is 4. The number of carbonyl (C=O) groups excluding carboxylic acids is 1. The predicted octanol–water partition coefficient (Wildman–Crippen LogP) is -0.938. The minimum absolute atomic E-state index is 0.0474. The van der Waals surface area contributed by atoms with Crippen molar-refractivity contribution in [2.24, 2.45) is 0 Å². The molecule has 0 radical (unpaired) electrons. The number of carbonyl (C=O) groups is 1. The Morgan fingerprint density at radius 1 is 1.57 bits per heavy atom. The number of aliphatic hydroxyl groups excluding tert-OH is 1. The molecule has 0 saturated carbocycles. The fraction of sp³-hybridized carbons (Fsp3) is 0.889. The molecule has 1 atom stereocenters. The van der Waals surface area contributed by atoms with Crippen molar-refractivity contribution in [1.82, 2.24) is 10.2 Å². The van der Waals surface area contributed by atoms with Gasteiger partial charge in [-0.3, -0.25) is 4.79 Å². The normalized spacial score (nSPS) is 12.9. The van der Waals surface area contributed by atoms with Gasteiger partial charge in [0.15, 0.2) is 0 Å². The zero-order valence-electron chi connectivity index (χ0n) is 9.12. The van der Waals surface area contributed by atoms with Crippen molar-refractivity contribution >= 4 is 5.91 Å². The average molecular weight is 204 g/mol. The Bertz CT molecular complexity index is 162. The van der Waals surface area contributed by atoms with E-state index in [-0.39, 0.29) is 19.1 Å². The van der Waals surface area contributed by atoms with E-state index in [0.717, 1.165) is 0 Å². The first kappa shape index (κ1) is 13.4. The summed E-state index contributed by atoms with van der Waals surface area (Å²) in [5.74, 6) is -0.0474. The van der Waals surface area contributed by atoms with Crippen molar-refractivity contribution in [2.45, 2.75) is 12.5 Å². The van der Waals surface area contributed by atoms with Crippen LogP contribution in [0.25, 0.3) is 0 Å². The van der Waals surface area contributed by atoms with Gasteiger partial charge in [0.05, 0.1) is 12.7 Å². The van der Waals surface area contributed by atoms with E-state index in [2.05, 4.69) is 5.32 Å². The first-order chi connectivity index (χ1) is 6.56. The Hall–Kier alpha value is -0.650. The number of aliphatic hydroxyl groups is 1. The number of nitrogens with one attached hydrogen (secondary N) is 1. The molecule has 0 aromatic carbocycles. The topological polar surface area (TPSA) is 61.8 Å². The van der Waals surface area contributed by atoms with Crippen LogP contribution in [0.5, 0.6) is 0 Å². The largest absolute Gasteiger partial charge is 0.389 e. The van der Waals surface area contributed by atoms with E-state index in [1.807, 2.05) is 19.0 Å². The highest BCUT2D eigenvalue weighted by molar-refractivity contribution is 5.76. The Morgan fingerprint density at radius 2 is 2.21 bits per heavy atom. The second kappa shape index (κ2) is 7.73. The SMILES string of the molecule is COCC(O)CNC(=O)CCN(C)C. The maximum absolute atomic E-state index is 11.2. The molecule has 0 aromatic heterocycles. The first-order valence-electron chi connectivity index (χ1n) is 4.64. The molecule has 0 aromatic rings. The summed E-state index contributed by atoms with van der Waals surface area (Å²) in [5.41, 5.74) is 0. The summed E-state index contributed by atoms with van der Waals surface area (Å²) in [6.07, 6.45) is -0.171. The van der Waals surface area contributed by atoms with E-state index in [0.29, 0.717) is 13.0 Å². The number of hydrogen-bond donors (Lipinski definition) is 2. The Labute approximate surface area is 85.0 Å². The van der Waals surface area contributed by atoms with Crippen molar-refractivity contribution in [2.75, 3.05) is 40.9 Å². The van der Waals surface area contributed by atoms with Gasteiger partial charge in [-0.2, -0.15) is 0 Å². The molecular formula is C9H20N2O3. The van der Waals surface area contributed by atoms with Crippen LogP contribution in [0, 0.1) is 0 Å². The van der Waals surface area contributed by atoms with E-state index in [4.69, 9.17) is 4.74 Å². The molecule has 0 aliphatic rings. The number of ether oxygens (including phenoxy) is 1. The fourth-order valence-electron chi connectivity index (χ4n) is 0.897. The minimum Gasteiger partial charge on any atom is -0.389 e. The van der Waals surface area contributed by atoms with Crippen LogP contribution < -0.4 is 5.32 Å². The van der Waals surface area contributed by atoms with Crippen LogP contribution in [-0.4, -0.2) is 62.9 Å². The molecule has 0 heterocycles. The van der Waals surface area contributed by atoms with Gasteiger partial charge in [-0.05, 0) is 14.1 Å². The highest BCUT2D eigenvalue weighted by atomic mass is 16.5. The lowest BCUT2D eigenvalue weighted by Gasteiger charge is -2.12. The third-order valence-corrected chi connectivity index (χ3v) is 1.68. The molecule has 0 aliphatic heterocycles. The summed E-state index contributed by atoms with van der Waals surface area (Å²) in [7, 11) is 5.33. The molecule has 0 fully saturated rings. The molecule has 0 aliphatic carbocycles. The second-order valence-electron chi connectivity index (χ2n) is 3.47. The molecular weight excluding hydrogens is 184 g/mol. The van der Waals surface area contributed by atoms with Crippen LogP contribution >= 0.6 is 0 Å². The molecule has 1 unspecified atom stereocenters. The van der Waals surface area contributed by atoms with Crippen LogP contribution in [0.1, 0.15) is 6.42 Å². The minimum atomic E-state index is -0.622. The fourth-order valence-corrected chi connectivity index (χ4v) is 0.897. The predicted molar refractivity (Wildman–Crippen MR) is 54.1 cm³/mol. The standard InChI is InChI=1S/C9H20N2O3/c1-11(2)5-4-9(13)10-6-8(12)7-14-3/h8,12H,4-7H2,1-3H3,(H,10,13). The summed E-state index contributed by atoms with van der Waals surface area (Å²) < 4.78 is 4.72. The third kappa shape index (κ3) is 7.97. The van der Waals surface area contributed by atoms with Gasteiger partial charge in [0.2, 0.25) is 5.91 Å². The molecule has 0 spiro atoms. The molecule has 1 amide bonds. The summed E-state index contributed by atoms with van der Waals surface area (Å²) >= 11 is 0. The van der Waals surface area contributed by atoms with Gasteiger partial charge in [-0.15, -0.1) is 0 Å². The maximum Gasteiger partial charge on any atom is 0.221 e. The average Bonchev–Trinajstić information content (AvgIpc) is 2.12. The highest BCUT2D eigenvalue weighted by Crippen LogP contribution is 1.85. The lowest BCUT2D eigenvalue weighted by Crippen LogP contribution is -2.35. The van der Waals surface area contributed by atoms with E-state index < -0.39 is 6.10 Å². The molecule has 0 rings (SSSR count). The van der Waals surface area contributed by atoms with E-state index in [9.17, 15) is 9.90 Å². The number of nitrogens with zero attached hydrogens (tertiary/aromatic N) is 1. The number of rotatable bonds is 7. The van der Waals surface area contributed by atoms with Gasteiger partial charge in [0.1, 0.15) is 0 Å². The van der Waals surface area contributed by atoms with Gasteiger partial charge < -0.3 is 20.1 Å². The Morgan fingerprint density at radius 3 is 2.71 bits per heavy atom. The molecule has 0 bridgehead atoms. The van der Waals surface area contributed by atoms with Gasteiger partial charge in [0.25, 0.3) is 0 Å². The van der Waals surface area contributed by atoms with Crippen molar-refractivity contribution in [3.8, 4) is 0 Å². The number of amides is 1. The number of methoxy groups -OCH3 is 1. The monoisotopic (exact) mass is 204 g/mol. The molecule has 5 heteroatoms. The summed E-state index contributed by atoms with van der Waals surface area (Å²) in [4.78, 5) is 13.1. The molecule has 2 N–H and O–H groups in total. The molecule has 14 heavy (non-hydrogen) atoms. The summed E-state index contributed by atoms with van der Waals surface area (Å²) in [6, 6.07) is 0. The molecule has 5 nitrogen and oxygen atoms in total. The van der Waals surface area contributed by atoms with Gasteiger partial charge >= 0.3 is 0 Å². The Kier molecular flexibility index (Phi) is 7.37. The highest BCUT2D eigenvalue weighted by Gasteiger charge is 2.06.